The summed E-state index contributed by atoms with van der Waals surface area (Å²) in [5, 5.41) is 4.56. The molecule has 0 atom stereocenters. The molecule has 25 heavy (non-hydrogen) atoms. The predicted octanol–water partition coefficient (Wildman–Crippen LogP) is 4.11. The fraction of sp³-hybridized carbons (Fsp3) is 0.0588. The molecule has 0 spiro atoms. The van der Waals surface area contributed by atoms with E-state index in [0.29, 0.717) is 25.8 Å². The molecule has 0 saturated carbocycles. The van der Waals surface area contributed by atoms with Gasteiger partial charge in [-0.15, -0.1) is 0 Å². The van der Waals surface area contributed by atoms with E-state index >= 15 is 0 Å². The molecular weight excluding hydrogens is 459 g/mol. The molecule has 0 radical (unpaired) electrons. The molecule has 1 heterocycles. The molecule has 1 fully saturated rings. The van der Waals surface area contributed by atoms with Crippen molar-refractivity contribution in [3.8, 4) is 5.75 Å². The summed E-state index contributed by atoms with van der Waals surface area (Å²) < 4.78 is 20.3. The summed E-state index contributed by atoms with van der Waals surface area (Å²) in [6, 6.07) is 9.11. The topological polar surface area (TPSA) is 67.4 Å². The number of carbonyl (C=O) groups excluding carboxylic acids is 2. The Morgan fingerprint density at radius 2 is 1.80 bits per heavy atom. The van der Waals surface area contributed by atoms with Gasteiger partial charge in [-0.1, -0.05) is 12.1 Å². The van der Waals surface area contributed by atoms with E-state index in [4.69, 9.17) is 4.74 Å². The number of hydrogen-bond acceptors (Lipinski definition) is 3. The second-order valence-corrected chi connectivity index (χ2v) is 6.91. The third-order valence-corrected chi connectivity index (χ3v) is 4.50. The summed E-state index contributed by atoms with van der Waals surface area (Å²) in [7, 11) is 0. The SMILES string of the molecule is O=C1NC(=O)C(=Cc2cc(Br)c(OCc3cccc(F)c3)c(Br)c2)N1. The van der Waals surface area contributed by atoms with Crippen LogP contribution in [0.3, 0.4) is 0 Å². The second kappa shape index (κ2) is 7.37. The van der Waals surface area contributed by atoms with Gasteiger partial charge in [-0.2, -0.15) is 0 Å². The van der Waals surface area contributed by atoms with Crippen molar-refractivity contribution in [1.29, 1.82) is 0 Å². The molecule has 1 aliphatic heterocycles. The lowest BCUT2D eigenvalue weighted by molar-refractivity contribution is -0.115. The highest BCUT2D eigenvalue weighted by atomic mass is 79.9. The van der Waals surface area contributed by atoms with E-state index in [0.717, 1.165) is 0 Å². The minimum absolute atomic E-state index is 0.164. The summed E-state index contributed by atoms with van der Waals surface area (Å²) >= 11 is 6.83. The number of benzene rings is 2. The normalized spacial score (nSPS) is 15.2. The van der Waals surface area contributed by atoms with Crippen LogP contribution < -0.4 is 15.4 Å². The molecule has 2 N–H and O–H groups in total. The van der Waals surface area contributed by atoms with Gasteiger partial charge in [-0.25, -0.2) is 9.18 Å². The van der Waals surface area contributed by atoms with Gasteiger partial charge in [0.15, 0.2) is 0 Å². The highest BCUT2D eigenvalue weighted by molar-refractivity contribution is 9.11. The zero-order valence-corrected chi connectivity index (χ0v) is 15.8. The number of amides is 3. The van der Waals surface area contributed by atoms with Crippen molar-refractivity contribution < 1.29 is 18.7 Å². The first kappa shape index (κ1) is 17.6. The van der Waals surface area contributed by atoms with Crippen molar-refractivity contribution in [1.82, 2.24) is 10.6 Å². The van der Waals surface area contributed by atoms with Crippen molar-refractivity contribution in [2.45, 2.75) is 6.61 Å². The van der Waals surface area contributed by atoms with E-state index in [2.05, 4.69) is 42.5 Å². The summed E-state index contributed by atoms with van der Waals surface area (Å²) in [5.41, 5.74) is 1.55. The largest absolute Gasteiger partial charge is 0.487 e. The Hall–Kier alpha value is -2.19. The molecule has 8 heteroatoms. The van der Waals surface area contributed by atoms with Crippen LogP contribution in [0.25, 0.3) is 6.08 Å². The van der Waals surface area contributed by atoms with Gasteiger partial charge in [0, 0.05) is 0 Å². The molecule has 2 aromatic rings. The van der Waals surface area contributed by atoms with Crippen LogP contribution in [0.1, 0.15) is 11.1 Å². The molecule has 1 saturated heterocycles. The van der Waals surface area contributed by atoms with Crippen molar-refractivity contribution in [3.63, 3.8) is 0 Å². The summed E-state index contributed by atoms with van der Waals surface area (Å²) in [6.07, 6.45) is 1.55. The molecule has 1 aliphatic rings. The maximum Gasteiger partial charge on any atom is 0.326 e. The highest BCUT2D eigenvalue weighted by Gasteiger charge is 2.23. The van der Waals surface area contributed by atoms with Crippen LogP contribution >= 0.6 is 31.9 Å². The third kappa shape index (κ3) is 4.26. The molecule has 2 aromatic carbocycles. The quantitative estimate of drug-likeness (QED) is 0.523. The first-order valence-electron chi connectivity index (χ1n) is 7.12. The maximum absolute atomic E-state index is 13.2. The van der Waals surface area contributed by atoms with Crippen LogP contribution in [-0.2, 0) is 11.4 Å². The number of nitrogens with one attached hydrogen (secondary N) is 2. The molecule has 0 aliphatic carbocycles. The fourth-order valence-corrected chi connectivity index (χ4v) is 3.68. The molecule has 3 amide bonds. The van der Waals surface area contributed by atoms with Crippen molar-refractivity contribution in [2.75, 3.05) is 0 Å². The van der Waals surface area contributed by atoms with Crippen LogP contribution in [0.15, 0.2) is 51.0 Å². The van der Waals surface area contributed by atoms with Gasteiger partial charge in [0.05, 0.1) is 8.95 Å². The summed E-state index contributed by atoms with van der Waals surface area (Å²) in [6.45, 7) is 0.202. The molecule has 0 unspecified atom stereocenters. The highest BCUT2D eigenvalue weighted by Crippen LogP contribution is 2.36. The third-order valence-electron chi connectivity index (χ3n) is 3.32. The molecule has 0 bridgehead atoms. The lowest BCUT2D eigenvalue weighted by atomic mass is 10.2. The first-order valence-corrected chi connectivity index (χ1v) is 8.71. The van der Waals surface area contributed by atoms with Gasteiger partial charge < -0.3 is 10.1 Å². The Morgan fingerprint density at radius 1 is 1.08 bits per heavy atom. The smallest absolute Gasteiger partial charge is 0.326 e. The average Bonchev–Trinajstić information content (AvgIpc) is 2.84. The number of halogens is 3. The minimum atomic E-state index is -0.551. The van der Waals surface area contributed by atoms with E-state index < -0.39 is 11.9 Å². The van der Waals surface area contributed by atoms with Crippen molar-refractivity contribution in [3.05, 3.63) is 68.0 Å². The monoisotopic (exact) mass is 468 g/mol. The maximum atomic E-state index is 13.2. The molecule has 0 aromatic heterocycles. The zero-order valence-electron chi connectivity index (χ0n) is 12.6. The number of ether oxygens (including phenoxy) is 1. The first-order chi connectivity index (χ1) is 11.9. The Labute approximate surface area is 159 Å². The summed E-state index contributed by atoms with van der Waals surface area (Å²) in [4.78, 5) is 22.7. The standard InChI is InChI=1S/C17H11Br2FN2O3/c18-12-5-10(7-14-16(23)22-17(24)21-14)6-13(19)15(12)25-8-9-2-1-3-11(20)4-9/h1-7H,8H2,(H2,21,22,23,24). The van der Waals surface area contributed by atoms with E-state index in [9.17, 15) is 14.0 Å². The van der Waals surface area contributed by atoms with Crippen LogP contribution in [0.5, 0.6) is 5.75 Å². The Bertz CT molecular complexity index is 876. The number of imide groups is 1. The Balaban J connectivity index is 1.80. The van der Waals surface area contributed by atoms with Crippen LogP contribution in [0, 0.1) is 5.82 Å². The van der Waals surface area contributed by atoms with Gasteiger partial charge >= 0.3 is 6.03 Å². The number of carbonyl (C=O) groups is 2. The van der Waals surface area contributed by atoms with E-state index in [-0.39, 0.29) is 18.1 Å². The van der Waals surface area contributed by atoms with Crippen molar-refractivity contribution >= 4 is 49.9 Å². The van der Waals surface area contributed by atoms with Crippen LogP contribution in [-0.4, -0.2) is 11.9 Å². The van der Waals surface area contributed by atoms with E-state index in [1.165, 1.54) is 12.1 Å². The number of urea groups is 1. The number of rotatable bonds is 4. The van der Waals surface area contributed by atoms with E-state index in [1.807, 2.05) is 0 Å². The van der Waals surface area contributed by atoms with Crippen LogP contribution in [0.4, 0.5) is 9.18 Å². The zero-order chi connectivity index (χ0) is 18.0. The Morgan fingerprint density at radius 3 is 2.40 bits per heavy atom. The lowest BCUT2D eigenvalue weighted by Crippen LogP contribution is -2.22. The molecule has 128 valence electrons. The Kier molecular flexibility index (Phi) is 5.19. The molecule has 3 rings (SSSR count). The predicted molar refractivity (Wildman–Crippen MR) is 97.2 cm³/mol. The van der Waals surface area contributed by atoms with Crippen LogP contribution in [0.2, 0.25) is 0 Å². The van der Waals surface area contributed by atoms with Gasteiger partial charge in [-0.05, 0) is 73.3 Å². The van der Waals surface area contributed by atoms with Crippen molar-refractivity contribution in [2.24, 2.45) is 0 Å². The van der Waals surface area contributed by atoms with E-state index in [1.54, 1.807) is 30.3 Å². The number of hydrogen-bond donors (Lipinski definition) is 2. The average molecular weight is 470 g/mol. The minimum Gasteiger partial charge on any atom is -0.487 e. The second-order valence-electron chi connectivity index (χ2n) is 5.20. The fourth-order valence-electron chi connectivity index (χ4n) is 2.23. The lowest BCUT2D eigenvalue weighted by Gasteiger charge is -2.11. The summed E-state index contributed by atoms with van der Waals surface area (Å²) in [5.74, 6) is -0.256. The molecular formula is C17H11Br2FN2O3. The van der Waals surface area contributed by atoms with Gasteiger partial charge in [0.25, 0.3) is 5.91 Å². The van der Waals surface area contributed by atoms with Gasteiger partial charge in [0.1, 0.15) is 23.9 Å². The van der Waals surface area contributed by atoms with Gasteiger partial charge in [-0.3, -0.25) is 10.1 Å². The molecule has 5 nitrogen and oxygen atoms in total. The van der Waals surface area contributed by atoms with Gasteiger partial charge in [0.2, 0.25) is 0 Å².